The maximum Gasteiger partial charge on any atom is 0.506 e. The molecule has 3 nitrogen and oxygen atoms in total. The van der Waals surface area contributed by atoms with Gasteiger partial charge in [0, 0.05) is 0 Å². The van der Waals surface area contributed by atoms with Crippen molar-refractivity contribution in [3.8, 4) is 0 Å². The molecule has 0 aliphatic carbocycles. The van der Waals surface area contributed by atoms with Gasteiger partial charge in [-0.05, 0) is 19.4 Å². The van der Waals surface area contributed by atoms with E-state index >= 15 is 0 Å². The smallest absolute Gasteiger partial charge is 0.450 e. The van der Waals surface area contributed by atoms with E-state index in [2.05, 4.69) is 11.3 Å². The molecular formula is C7H12O3. The highest BCUT2D eigenvalue weighted by molar-refractivity contribution is 5.57. The Hall–Kier alpha value is -0.990. The quantitative estimate of drug-likeness (QED) is 0.487. The molecule has 0 aromatic carbocycles. The Bertz CT molecular complexity index is 142. The third-order valence-electron chi connectivity index (χ3n) is 1.45. The molecule has 1 unspecified atom stereocenters. The zero-order valence-electron chi connectivity index (χ0n) is 6.26. The molecule has 0 bridgehead atoms. The molecule has 1 N–H and O–H groups in total. The molecule has 0 fully saturated rings. The predicted octanol–water partition coefficient (Wildman–Crippen LogP) is 2.04. The lowest BCUT2D eigenvalue weighted by Gasteiger charge is -2.21. The summed E-state index contributed by atoms with van der Waals surface area (Å²) >= 11 is 0. The van der Waals surface area contributed by atoms with Crippen molar-refractivity contribution in [2.75, 3.05) is 0 Å². The zero-order chi connectivity index (χ0) is 8.20. The van der Waals surface area contributed by atoms with Crippen LogP contribution in [-0.2, 0) is 4.74 Å². The first-order valence-electron chi connectivity index (χ1n) is 3.09. The number of carbonyl (C=O) groups is 1. The SMILES string of the molecule is C=CC(C)(CC)OC(=O)O. The average Bonchev–Trinajstić information content (AvgIpc) is 1.87. The second kappa shape index (κ2) is 3.25. The minimum Gasteiger partial charge on any atom is -0.450 e. The Morgan fingerprint density at radius 1 is 1.90 bits per heavy atom. The van der Waals surface area contributed by atoms with E-state index in [1.54, 1.807) is 6.92 Å². The van der Waals surface area contributed by atoms with Crippen LogP contribution in [0.4, 0.5) is 4.79 Å². The highest BCUT2D eigenvalue weighted by Gasteiger charge is 2.21. The van der Waals surface area contributed by atoms with Gasteiger partial charge in [0.1, 0.15) is 5.60 Å². The first kappa shape index (κ1) is 9.01. The standard InChI is InChI=1S/C7H12O3/c1-4-7(3,5-2)10-6(8)9/h4H,1,5H2,2-3H3,(H,8,9). The van der Waals surface area contributed by atoms with Crippen LogP contribution in [0.2, 0.25) is 0 Å². The number of hydrogen-bond donors (Lipinski definition) is 1. The van der Waals surface area contributed by atoms with Gasteiger partial charge < -0.3 is 9.84 Å². The van der Waals surface area contributed by atoms with Crippen LogP contribution in [-0.4, -0.2) is 16.9 Å². The summed E-state index contributed by atoms with van der Waals surface area (Å²) in [5.41, 5.74) is -0.730. The monoisotopic (exact) mass is 144 g/mol. The topological polar surface area (TPSA) is 46.5 Å². The molecule has 0 heterocycles. The van der Waals surface area contributed by atoms with E-state index in [0.29, 0.717) is 6.42 Å². The Morgan fingerprint density at radius 3 is 2.50 bits per heavy atom. The summed E-state index contributed by atoms with van der Waals surface area (Å²) in [4.78, 5) is 10.1. The van der Waals surface area contributed by atoms with Crippen molar-refractivity contribution < 1.29 is 14.6 Å². The molecule has 0 radical (unpaired) electrons. The summed E-state index contributed by atoms with van der Waals surface area (Å²) in [6.45, 7) is 6.98. The summed E-state index contributed by atoms with van der Waals surface area (Å²) in [5.74, 6) is 0. The Kier molecular flexibility index (Phi) is 2.93. The largest absolute Gasteiger partial charge is 0.506 e. The van der Waals surface area contributed by atoms with Gasteiger partial charge in [-0.2, -0.15) is 0 Å². The van der Waals surface area contributed by atoms with Gasteiger partial charge in [0.05, 0.1) is 0 Å². The van der Waals surface area contributed by atoms with Gasteiger partial charge in [0.2, 0.25) is 0 Å². The van der Waals surface area contributed by atoms with Crippen LogP contribution in [0.15, 0.2) is 12.7 Å². The molecule has 10 heavy (non-hydrogen) atoms. The number of hydrogen-bond acceptors (Lipinski definition) is 2. The minimum atomic E-state index is -1.26. The second-order valence-corrected chi connectivity index (χ2v) is 2.24. The van der Waals surface area contributed by atoms with Gasteiger partial charge in [0.15, 0.2) is 0 Å². The van der Waals surface area contributed by atoms with Crippen LogP contribution in [0.1, 0.15) is 20.3 Å². The summed E-state index contributed by atoms with van der Waals surface area (Å²) < 4.78 is 4.53. The van der Waals surface area contributed by atoms with E-state index in [-0.39, 0.29) is 0 Å². The van der Waals surface area contributed by atoms with Crippen molar-refractivity contribution in [3.05, 3.63) is 12.7 Å². The van der Waals surface area contributed by atoms with Gasteiger partial charge in [-0.25, -0.2) is 4.79 Å². The molecule has 3 heteroatoms. The van der Waals surface area contributed by atoms with Gasteiger partial charge in [0.25, 0.3) is 0 Å². The van der Waals surface area contributed by atoms with E-state index in [0.717, 1.165) is 0 Å². The lowest BCUT2D eigenvalue weighted by atomic mass is 10.0. The Balaban J connectivity index is 4.05. The first-order chi connectivity index (χ1) is 4.54. The lowest BCUT2D eigenvalue weighted by Crippen LogP contribution is -2.27. The summed E-state index contributed by atoms with van der Waals surface area (Å²) in [6, 6.07) is 0. The molecule has 0 aromatic rings. The third-order valence-corrected chi connectivity index (χ3v) is 1.45. The maximum absolute atomic E-state index is 10.1. The molecule has 0 aromatic heterocycles. The van der Waals surface area contributed by atoms with Crippen LogP contribution in [0.5, 0.6) is 0 Å². The molecule has 0 aliphatic rings. The fourth-order valence-electron chi connectivity index (χ4n) is 0.458. The molecule has 0 spiro atoms. The van der Waals surface area contributed by atoms with Gasteiger partial charge in [-0.3, -0.25) is 0 Å². The summed E-state index contributed by atoms with van der Waals surface area (Å²) in [5, 5.41) is 8.24. The van der Waals surface area contributed by atoms with E-state index in [1.807, 2.05) is 6.92 Å². The van der Waals surface area contributed by atoms with Crippen LogP contribution in [0, 0.1) is 0 Å². The van der Waals surface area contributed by atoms with Gasteiger partial charge in [-0.15, -0.1) is 0 Å². The minimum absolute atomic E-state index is 0.600. The van der Waals surface area contributed by atoms with Gasteiger partial charge in [-0.1, -0.05) is 13.5 Å². The predicted molar refractivity (Wildman–Crippen MR) is 38.0 cm³/mol. The van der Waals surface area contributed by atoms with Crippen LogP contribution >= 0.6 is 0 Å². The highest BCUT2D eigenvalue weighted by Crippen LogP contribution is 2.15. The van der Waals surface area contributed by atoms with Crippen LogP contribution in [0.3, 0.4) is 0 Å². The van der Waals surface area contributed by atoms with Crippen molar-refractivity contribution in [1.29, 1.82) is 0 Å². The average molecular weight is 144 g/mol. The molecular weight excluding hydrogens is 132 g/mol. The fourth-order valence-corrected chi connectivity index (χ4v) is 0.458. The molecule has 0 aliphatic heterocycles. The van der Waals surface area contributed by atoms with E-state index in [1.165, 1.54) is 6.08 Å². The maximum atomic E-state index is 10.1. The number of rotatable bonds is 3. The van der Waals surface area contributed by atoms with E-state index < -0.39 is 11.8 Å². The van der Waals surface area contributed by atoms with Crippen molar-refractivity contribution in [2.24, 2.45) is 0 Å². The fraction of sp³-hybridized carbons (Fsp3) is 0.571. The molecule has 0 saturated carbocycles. The number of ether oxygens (including phenoxy) is 1. The second-order valence-electron chi connectivity index (χ2n) is 2.24. The van der Waals surface area contributed by atoms with Crippen molar-refractivity contribution >= 4 is 6.16 Å². The third kappa shape index (κ3) is 2.53. The van der Waals surface area contributed by atoms with Crippen molar-refractivity contribution in [3.63, 3.8) is 0 Å². The first-order valence-corrected chi connectivity index (χ1v) is 3.09. The molecule has 0 rings (SSSR count). The summed E-state index contributed by atoms with van der Waals surface area (Å²) in [6.07, 6.45) is 0.827. The van der Waals surface area contributed by atoms with Crippen molar-refractivity contribution in [2.45, 2.75) is 25.9 Å². The van der Waals surface area contributed by atoms with Crippen molar-refractivity contribution in [1.82, 2.24) is 0 Å². The van der Waals surface area contributed by atoms with Crippen LogP contribution < -0.4 is 0 Å². The molecule has 0 amide bonds. The lowest BCUT2D eigenvalue weighted by molar-refractivity contribution is 0.0190. The Morgan fingerprint density at radius 2 is 2.40 bits per heavy atom. The molecule has 1 atom stereocenters. The normalized spacial score (nSPS) is 15.4. The van der Waals surface area contributed by atoms with Gasteiger partial charge >= 0.3 is 6.16 Å². The van der Waals surface area contributed by atoms with E-state index in [9.17, 15) is 4.79 Å². The Labute approximate surface area is 60.3 Å². The van der Waals surface area contributed by atoms with Crippen LogP contribution in [0.25, 0.3) is 0 Å². The molecule has 58 valence electrons. The van der Waals surface area contributed by atoms with E-state index in [4.69, 9.17) is 5.11 Å². The molecule has 0 saturated heterocycles. The zero-order valence-corrected chi connectivity index (χ0v) is 6.26. The number of carboxylic acid groups (broad SMARTS) is 1. The summed E-state index contributed by atoms with van der Waals surface area (Å²) in [7, 11) is 0. The highest BCUT2D eigenvalue weighted by atomic mass is 16.7.